The molecule has 0 unspecified atom stereocenters. The van der Waals surface area contributed by atoms with Crippen LogP contribution in [0.4, 0.5) is 5.69 Å². The Kier molecular flexibility index (Phi) is 13.2. The minimum atomic E-state index is 0. The summed E-state index contributed by atoms with van der Waals surface area (Å²) in [6, 6.07) is 7.80. The molecule has 0 saturated heterocycles. The van der Waals surface area contributed by atoms with Gasteiger partial charge < -0.3 is 20.7 Å². The van der Waals surface area contributed by atoms with Crippen molar-refractivity contribution in [3.63, 3.8) is 0 Å². The van der Waals surface area contributed by atoms with Crippen LogP contribution in [-0.4, -0.2) is 38.7 Å². The monoisotopic (exact) mass is 448 g/mol. The maximum Gasteiger partial charge on any atom is 0.224 e. The summed E-state index contributed by atoms with van der Waals surface area (Å²) in [6.45, 7) is 6.72. The van der Waals surface area contributed by atoms with Crippen molar-refractivity contribution in [2.45, 2.75) is 33.2 Å². The van der Waals surface area contributed by atoms with E-state index in [9.17, 15) is 4.79 Å². The summed E-state index contributed by atoms with van der Waals surface area (Å²) in [5.74, 6) is 0.794. The molecule has 0 aliphatic heterocycles. The van der Waals surface area contributed by atoms with Gasteiger partial charge in [0.1, 0.15) is 0 Å². The Morgan fingerprint density at radius 2 is 1.88 bits per heavy atom. The SMILES string of the molecule is CCCC(=O)Nc1ccc(CNC(=NC)NCCOCC)cc1.I. The first-order valence-electron chi connectivity index (χ1n) is 8.10. The number of nitrogens with one attached hydrogen (secondary N) is 3. The highest BCUT2D eigenvalue weighted by Gasteiger charge is 2.01. The van der Waals surface area contributed by atoms with Crippen LogP contribution in [0.5, 0.6) is 0 Å². The van der Waals surface area contributed by atoms with E-state index in [1.807, 2.05) is 38.1 Å². The third-order valence-electron chi connectivity index (χ3n) is 3.14. The Balaban J connectivity index is 0.00000529. The normalized spacial score (nSPS) is 10.7. The lowest BCUT2D eigenvalue weighted by Gasteiger charge is -2.12. The smallest absolute Gasteiger partial charge is 0.224 e. The molecule has 0 heterocycles. The first-order valence-corrected chi connectivity index (χ1v) is 8.10. The highest BCUT2D eigenvalue weighted by molar-refractivity contribution is 14.0. The van der Waals surface area contributed by atoms with Crippen LogP contribution in [0.15, 0.2) is 29.3 Å². The molecule has 6 nitrogen and oxygen atoms in total. The van der Waals surface area contributed by atoms with Crippen LogP contribution in [0, 0.1) is 0 Å². The van der Waals surface area contributed by atoms with E-state index in [0.29, 0.717) is 19.6 Å². The lowest BCUT2D eigenvalue weighted by molar-refractivity contribution is -0.116. The Morgan fingerprint density at radius 1 is 1.17 bits per heavy atom. The number of benzene rings is 1. The zero-order chi connectivity index (χ0) is 16.9. The van der Waals surface area contributed by atoms with Crippen molar-refractivity contribution in [3.8, 4) is 0 Å². The molecule has 0 fully saturated rings. The number of aliphatic imine (C=N–C) groups is 1. The number of carbonyl (C=O) groups excluding carboxylic acids is 1. The van der Waals surface area contributed by atoms with Gasteiger partial charge in [-0.05, 0) is 31.0 Å². The fourth-order valence-electron chi connectivity index (χ4n) is 1.95. The summed E-state index contributed by atoms with van der Waals surface area (Å²) < 4.78 is 5.27. The first-order chi connectivity index (χ1) is 11.2. The van der Waals surface area contributed by atoms with Crippen molar-refractivity contribution in [1.82, 2.24) is 10.6 Å². The topological polar surface area (TPSA) is 74.8 Å². The molecule has 1 amide bonds. The van der Waals surface area contributed by atoms with Gasteiger partial charge >= 0.3 is 0 Å². The van der Waals surface area contributed by atoms with Gasteiger partial charge in [0.15, 0.2) is 5.96 Å². The van der Waals surface area contributed by atoms with Crippen LogP contribution >= 0.6 is 24.0 Å². The molecule has 1 rings (SSSR count). The zero-order valence-corrected chi connectivity index (χ0v) is 17.1. The summed E-state index contributed by atoms with van der Waals surface area (Å²) >= 11 is 0. The van der Waals surface area contributed by atoms with Gasteiger partial charge in [0.25, 0.3) is 0 Å². The fraction of sp³-hybridized carbons (Fsp3) is 0.529. The molecule has 136 valence electrons. The number of hydrogen-bond donors (Lipinski definition) is 3. The molecule has 0 aliphatic carbocycles. The van der Waals surface area contributed by atoms with E-state index >= 15 is 0 Å². The standard InChI is InChI=1S/C17H28N4O2.HI/c1-4-6-16(22)21-15-9-7-14(8-10-15)13-20-17(18-3)19-11-12-23-5-2;/h7-10H,4-6,11-13H2,1-3H3,(H,21,22)(H2,18,19,20);1H. The fourth-order valence-corrected chi connectivity index (χ4v) is 1.95. The number of halogens is 1. The number of hydrogen-bond acceptors (Lipinski definition) is 3. The largest absolute Gasteiger partial charge is 0.380 e. The molecule has 0 bridgehead atoms. The highest BCUT2D eigenvalue weighted by atomic mass is 127. The van der Waals surface area contributed by atoms with Gasteiger partial charge in [-0.1, -0.05) is 19.1 Å². The molecule has 0 saturated carbocycles. The summed E-state index contributed by atoms with van der Waals surface area (Å²) in [5, 5.41) is 9.30. The quantitative estimate of drug-likeness (QED) is 0.235. The Hall–Kier alpha value is -1.35. The van der Waals surface area contributed by atoms with Crippen molar-refractivity contribution < 1.29 is 9.53 Å². The third-order valence-corrected chi connectivity index (χ3v) is 3.14. The molecule has 0 aliphatic rings. The molecular formula is C17H29IN4O2. The van der Waals surface area contributed by atoms with E-state index in [4.69, 9.17) is 4.74 Å². The number of amides is 1. The van der Waals surface area contributed by atoms with E-state index in [1.165, 1.54) is 0 Å². The number of ether oxygens (including phenoxy) is 1. The predicted molar refractivity (Wildman–Crippen MR) is 110 cm³/mol. The van der Waals surface area contributed by atoms with Crippen molar-refractivity contribution in [3.05, 3.63) is 29.8 Å². The lowest BCUT2D eigenvalue weighted by Crippen LogP contribution is -2.38. The van der Waals surface area contributed by atoms with E-state index in [1.54, 1.807) is 7.05 Å². The Bertz CT molecular complexity index is 492. The number of guanidine groups is 1. The summed E-state index contributed by atoms with van der Waals surface area (Å²) in [6.07, 6.45) is 1.40. The maximum atomic E-state index is 11.5. The van der Waals surface area contributed by atoms with E-state index < -0.39 is 0 Å². The van der Waals surface area contributed by atoms with E-state index in [-0.39, 0.29) is 29.9 Å². The van der Waals surface area contributed by atoms with Crippen LogP contribution < -0.4 is 16.0 Å². The van der Waals surface area contributed by atoms with Crippen molar-refractivity contribution in [2.75, 3.05) is 32.1 Å². The Labute approximate surface area is 161 Å². The number of carbonyl (C=O) groups is 1. The zero-order valence-electron chi connectivity index (χ0n) is 14.7. The summed E-state index contributed by atoms with van der Waals surface area (Å²) in [7, 11) is 1.74. The molecular weight excluding hydrogens is 419 g/mol. The van der Waals surface area contributed by atoms with Gasteiger partial charge in [-0.2, -0.15) is 0 Å². The predicted octanol–water partition coefficient (Wildman–Crippen LogP) is 2.74. The van der Waals surface area contributed by atoms with Crippen LogP contribution in [0.3, 0.4) is 0 Å². The molecule has 1 aromatic rings. The molecule has 0 atom stereocenters. The Morgan fingerprint density at radius 3 is 2.46 bits per heavy atom. The second kappa shape index (κ2) is 14.0. The van der Waals surface area contributed by atoms with Crippen molar-refractivity contribution in [2.24, 2.45) is 4.99 Å². The summed E-state index contributed by atoms with van der Waals surface area (Å²) in [5.41, 5.74) is 1.94. The van der Waals surface area contributed by atoms with Gasteiger partial charge in [-0.15, -0.1) is 24.0 Å². The molecule has 3 N–H and O–H groups in total. The molecule has 0 radical (unpaired) electrons. The van der Waals surface area contributed by atoms with Crippen LogP contribution in [0.2, 0.25) is 0 Å². The molecule has 0 aromatic heterocycles. The van der Waals surface area contributed by atoms with Gasteiger partial charge in [0.2, 0.25) is 5.91 Å². The van der Waals surface area contributed by atoms with Crippen LogP contribution in [0.1, 0.15) is 32.3 Å². The number of rotatable bonds is 9. The van der Waals surface area contributed by atoms with Gasteiger partial charge in [-0.25, -0.2) is 0 Å². The first kappa shape index (κ1) is 22.6. The molecule has 1 aromatic carbocycles. The number of nitrogens with zero attached hydrogens (tertiary/aromatic N) is 1. The minimum Gasteiger partial charge on any atom is -0.380 e. The van der Waals surface area contributed by atoms with Crippen molar-refractivity contribution in [1.29, 1.82) is 0 Å². The van der Waals surface area contributed by atoms with Gasteiger partial charge in [0, 0.05) is 38.9 Å². The van der Waals surface area contributed by atoms with Gasteiger partial charge in [0.05, 0.1) is 6.61 Å². The molecule has 24 heavy (non-hydrogen) atoms. The van der Waals surface area contributed by atoms with Gasteiger partial charge in [-0.3, -0.25) is 9.79 Å². The second-order valence-corrected chi connectivity index (χ2v) is 5.04. The van der Waals surface area contributed by atoms with Crippen molar-refractivity contribution >= 4 is 41.5 Å². The lowest BCUT2D eigenvalue weighted by atomic mass is 10.2. The average molecular weight is 448 g/mol. The molecule has 7 heteroatoms. The highest BCUT2D eigenvalue weighted by Crippen LogP contribution is 2.10. The molecule has 0 spiro atoms. The van der Waals surface area contributed by atoms with E-state index in [0.717, 1.165) is 36.8 Å². The second-order valence-electron chi connectivity index (χ2n) is 5.04. The maximum absolute atomic E-state index is 11.5. The van der Waals surface area contributed by atoms with E-state index in [2.05, 4.69) is 20.9 Å². The van der Waals surface area contributed by atoms with Crippen LogP contribution in [-0.2, 0) is 16.1 Å². The minimum absolute atomic E-state index is 0. The average Bonchev–Trinajstić information content (AvgIpc) is 2.56. The van der Waals surface area contributed by atoms with Crippen LogP contribution in [0.25, 0.3) is 0 Å². The number of anilines is 1. The summed E-state index contributed by atoms with van der Waals surface area (Å²) in [4.78, 5) is 15.7. The third kappa shape index (κ3) is 9.71.